The molecule has 0 atom stereocenters. The summed E-state index contributed by atoms with van der Waals surface area (Å²) in [5, 5.41) is 0.439. The van der Waals surface area contributed by atoms with E-state index >= 15 is 0 Å². The molecule has 0 aliphatic carbocycles. The topological polar surface area (TPSA) is 73.2 Å². The average molecular weight is 371 g/mol. The van der Waals surface area contributed by atoms with E-state index in [1.54, 1.807) is 49.4 Å². The van der Waals surface area contributed by atoms with Gasteiger partial charge in [-0.15, -0.1) is 0 Å². The first-order chi connectivity index (χ1) is 13.6. The summed E-state index contributed by atoms with van der Waals surface area (Å²) < 4.78 is 6.93. The van der Waals surface area contributed by atoms with Gasteiger partial charge in [-0.1, -0.05) is 36.4 Å². The van der Waals surface area contributed by atoms with E-state index in [1.165, 1.54) is 0 Å². The van der Waals surface area contributed by atoms with Crippen molar-refractivity contribution < 1.29 is 9.53 Å². The lowest BCUT2D eigenvalue weighted by Gasteiger charge is -2.12. The Morgan fingerprint density at radius 1 is 0.929 bits per heavy atom. The van der Waals surface area contributed by atoms with Gasteiger partial charge in [0.25, 0.3) is 11.5 Å². The van der Waals surface area contributed by atoms with Crippen molar-refractivity contribution in [1.82, 2.24) is 9.66 Å². The van der Waals surface area contributed by atoms with Gasteiger partial charge in [-0.2, -0.15) is 0 Å². The van der Waals surface area contributed by atoms with E-state index in [1.807, 2.05) is 36.4 Å². The SMILES string of the molecule is Cc1nc2ccccc2c(=O)n1NC(=O)c1cccc(Oc2ccccc2)c1. The molecule has 28 heavy (non-hydrogen) atoms. The molecule has 0 aliphatic rings. The Labute approximate surface area is 161 Å². The predicted molar refractivity (Wildman–Crippen MR) is 107 cm³/mol. The maximum absolute atomic E-state index is 12.7. The van der Waals surface area contributed by atoms with Crippen molar-refractivity contribution in [3.63, 3.8) is 0 Å². The number of hydrogen-bond acceptors (Lipinski definition) is 4. The number of amides is 1. The fraction of sp³-hybridized carbons (Fsp3) is 0.0455. The van der Waals surface area contributed by atoms with Crippen LogP contribution in [0.4, 0.5) is 0 Å². The monoisotopic (exact) mass is 371 g/mol. The van der Waals surface area contributed by atoms with Gasteiger partial charge in [0, 0.05) is 5.56 Å². The number of nitrogens with one attached hydrogen (secondary N) is 1. The van der Waals surface area contributed by atoms with Gasteiger partial charge in [-0.25, -0.2) is 9.66 Å². The van der Waals surface area contributed by atoms with Crippen molar-refractivity contribution in [2.24, 2.45) is 0 Å². The number of carbonyl (C=O) groups is 1. The molecule has 0 radical (unpaired) electrons. The summed E-state index contributed by atoms with van der Waals surface area (Å²) in [6.45, 7) is 1.67. The minimum atomic E-state index is -0.430. The number of rotatable bonds is 4. The van der Waals surface area contributed by atoms with Crippen LogP contribution in [0.25, 0.3) is 10.9 Å². The zero-order valence-corrected chi connectivity index (χ0v) is 15.1. The van der Waals surface area contributed by atoms with Gasteiger partial charge < -0.3 is 4.74 Å². The second kappa shape index (κ2) is 7.36. The Morgan fingerprint density at radius 3 is 2.46 bits per heavy atom. The highest BCUT2D eigenvalue weighted by Crippen LogP contribution is 2.21. The molecule has 0 fully saturated rings. The normalized spacial score (nSPS) is 10.6. The number of hydrogen-bond donors (Lipinski definition) is 1. The summed E-state index contributed by atoms with van der Waals surface area (Å²) in [7, 11) is 0. The lowest BCUT2D eigenvalue weighted by atomic mass is 10.2. The second-order valence-electron chi connectivity index (χ2n) is 6.20. The molecule has 6 nitrogen and oxygen atoms in total. The minimum absolute atomic E-state index is 0.326. The molecule has 6 heteroatoms. The van der Waals surface area contributed by atoms with E-state index in [0.717, 1.165) is 4.68 Å². The Balaban J connectivity index is 1.62. The molecule has 0 spiro atoms. The molecule has 138 valence electrons. The van der Waals surface area contributed by atoms with Gasteiger partial charge in [-0.05, 0) is 49.4 Å². The molecule has 0 aliphatic heterocycles. The van der Waals surface area contributed by atoms with E-state index in [0.29, 0.717) is 33.8 Å². The first kappa shape index (κ1) is 17.5. The number of aromatic nitrogens is 2. The summed E-state index contributed by atoms with van der Waals surface area (Å²) in [4.78, 5) is 29.8. The zero-order chi connectivity index (χ0) is 19.5. The van der Waals surface area contributed by atoms with Crippen LogP contribution in [0.5, 0.6) is 11.5 Å². The fourth-order valence-electron chi connectivity index (χ4n) is 2.87. The van der Waals surface area contributed by atoms with Gasteiger partial charge in [0.1, 0.15) is 17.3 Å². The highest BCUT2D eigenvalue weighted by molar-refractivity contribution is 6.00. The largest absolute Gasteiger partial charge is 0.457 e. The van der Waals surface area contributed by atoms with Crippen LogP contribution < -0.4 is 15.7 Å². The highest BCUT2D eigenvalue weighted by Gasteiger charge is 2.13. The summed E-state index contributed by atoms with van der Waals surface area (Å²) >= 11 is 0. The maximum Gasteiger partial charge on any atom is 0.280 e. The van der Waals surface area contributed by atoms with E-state index in [9.17, 15) is 9.59 Å². The van der Waals surface area contributed by atoms with Gasteiger partial charge in [0.15, 0.2) is 0 Å². The number of benzene rings is 3. The third-order valence-electron chi connectivity index (χ3n) is 4.23. The molecule has 0 saturated heterocycles. The van der Waals surface area contributed by atoms with Crippen molar-refractivity contribution in [2.75, 3.05) is 5.43 Å². The summed E-state index contributed by atoms with van der Waals surface area (Å²) in [5.74, 6) is 1.17. The van der Waals surface area contributed by atoms with Gasteiger partial charge in [-0.3, -0.25) is 15.0 Å². The second-order valence-corrected chi connectivity index (χ2v) is 6.20. The number of para-hydroxylation sites is 2. The van der Waals surface area contributed by atoms with Crippen LogP contribution in [0.3, 0.4) is 0 Å². The zero-order valence-electron chi connectivity index (χ0n) is 15.1. The van der Waals surface area contributed by atoms with Gasteiger partial charge in [0.2, 0.25) is 0 Å². The first-order valence-electron chi connectivity index (χ1n) is 8.74. The van der Waals surface area contributed by atoms with Crippen molar-refractivity contribution in [3.8, 4) is 11.5 Å². The number of aryl methyl sites for hydroxylation is 1. The van der Waals surface area contributed by atoms with Crippen LogP contribution in [0.1, 0.15) is 16.2 Å². The Kier molecular flexibility index (Phi) is 4.60. The molecular formula is C22H17N3O3. The molecule has 1 heterocycles. The lowest BCUT2D eigenvalue weighted by Crippen LogP contribution is -2.35. The standard InChI is InChI=1S/C22H17N3O3/c1-15-23-20-13-6-5-12-19(20)22(27)25(15)24-21(26)16-8-7-11-18(14-16)28-17-9-3-2-4-10-17/h2-14H,1H3,(H,24,26). The molecule has 0 bridgehead atoms. The van der Waals surface area contributed by atoms with Crippen LogP contribution in [0.15, 0.2) is 83.7 Å². The van der Waals surface area contributed by atoms with Crippen molar-refractivity contribution >= 4 is 16.8 Å². The summed E-state index contributed by atoms with van der Waals surface area (Å²) in [6, 6.07) is 23.1. The number of ether oxygens (including phenoxy) is 1. The Hall–Kier alpha value is -3.93. The van der Waals surface area contributed by atoms with Crippen molar-refractivity contribution in [2.45, 2.75) is 6.92 Å². The Bertz CT molecular complexity index is 1220. The van der Waals surface area contributed by atoms with E-state index < -0.39 is 5.91 Å². The number of carbonyl (C=O) groups excluding carboxylic acids is 1. The minimum Gasteiger partial charge on any atom is -0.457 e. The number of nitrogens with zero attached hydrogens (tertiary/aromatic N) is 2. The average Bonchev–Trinajstić information content (AvgIpc) is 2.72. The van der Waals surface area contributed by atoms with Crippen LogP contribution >= 0.6 is 0 Å². The molecule has 1 N–H and O–H groups in total. The predicted octanol–water partition coefficient (Wildman–Crippen LogP) is 3.88. The van der Waals surface area contributed by atoms with E-state index in [-0.39, 0.29) is 5.56 Å². The highest BCUT2D eigenvalue weighted by atomic mass is 16.5. The van der Waals surface area contributed by atoms with E-state index in [4.69, 9.17) is 4.74 Å². The molecule has 0 saturated carbocycles. The smallest absolute Gasteiger partial charge is 0.280 e. The van der Waals surface area contributed by atoms with Gasteiger partial charge >= 0.3 is 0 Å². The quantitative estimate of drug-likeness (QED) is 0.591. The molecule has 0 unspecified atom stereocenters. The molecule has 1 amide bonds. The maximum atomic E-state index is 12.7. The fourth-order valence-corrected chi connectivity index (χ4v) is 2.87. The third-order valence-corrected chi connectivity index (χ3v) is 4.23. The van der Waals surface area contributed by atoms with Crippen LogP contribution in [-0.4, -0.2) is 15.6 Å². The molecular weight excluding hydrogens is 354 g/mol. The Morgan fingerprint density at radius 2 is 1.64 bits per heavy atom. The first-order valence-corrected chi connectivity index (χ1v) is 8.74. The van der Waals surface area contributed by atoms with E-state index in [2.05, 4.69) is 10.4 Å². The molecule has 1 aromatic heterocycles. The summed E-state index contributed by atoms with van der Waals surface area (Å²) in [6.07, 6.45) is 0. The lowest BCUT2D eigenvalue weighted by molar-refractivity contribution is 0.101. The molecule has 4 rings (SSSR count). The number of fused-ring (bicyclic) bond motifs is 1. The van der Waals surface area contributed by atoms with Crippen LogP contribution in [0.2, 0.25) is 0 Å². The molecule has 4 aromatic rings. The van der Waals surface area contributed by atoms with Crippen molar-refractivity contribution in [3.05, 3.63) is 101 Å². The summed E-state index contributed by atoms with van der Waals surface area (Å²) in [5.41, 5.74) is 3.26. The van der Waals surface area contributed by atoms with Crippen LogP contribution in [0, 0.1) is 6.92 Å². The molecule has 3 aromatic carbocycles. The van der Waals surface area contributed by atoms with Gasteiger partial charge in [0.05, 0.1) is 10.9 Å². The van der Waals surface area contributed by atoms with Crippen molar-refractivity contribution in [1.29, 1.82) is 0 Å². The third kappa shape index (κ3) is 3.48. The van der Waals surface area contributed by atoms with Crippen LogP contribution in [-0.2, 0) is 0 Å².